The fourth-order valence-corrected chi connectivity index (χ4v) is 4.25. The second-order valence-electron chi connectivity index (χ2n) is 7.79. The van der Waals surface area contributed by atoms with E-state index in [1.54, 1.807) is 24.3 Å². The Bertz CT molecular complexity index is 675. The van der Waals surface area contributed by atoms with Crippen molar-refractivity contribution in [3.05, 3.63) is 29.8 Å². The summed E-state index contributed by atoms with van der Waals surface area (Å²) in [6.45, 7) is 9.41. The standard InChI is InChI=1S/C18H28N2O3S/c1-14-7-9-16(10-8-14)24(22,23)20-11-5-6-15(12-20)17(21)19-13-18(2,3)4/h7-10,15H,5-6,11-13H2,1-4H3,(H,19,21)/t15-/m0/s1. The molecule has 0 saturated carbocycles. The summed E-state index contributed by atoms with van der Waals surface area (Å²) >= 11 is 0. The van der Waals surface area contributed by atoms with Crippen molar-refractivity contribution in [2.24, 2.45) is 11.3 Å². The molecule has 0 radical (unpaired) electrons. The third kappa shape index (κ3) is 4.80. The molecule has 0 spiro atoms. The molecule has 0 bridgehead atoms. The van der Waals surface area contributed by atoms with Crippen molar-refractivity contribution in [2.45, 2.75) is 45.4 Å². The summed E-state index contributed by atoms with van der Waals surface area (Å²) in [7, 11) is -3.54. The zero-order valence-electron chi connectivity index (χ0n) is 15.0. The third-order valence-electron chi connectivity index (χ3n) is 4.21. The van der Waals surface area contributed by atoms with Crippen LogP contribution in [-0.4, -0.2) is 38.3 Å². The monoisotopic (exact) mass is 352 g/mol. The Morgan fingerprint density at radius 2 is 1.88 bits per heavy atom. The number of carbonyl (C=O) groups is 1. The molecule has 1 saturated heterocycles. The maximum atomic E-state index is 12.8. The minimum Gasteiger partial charge on any atom is -0.355 e. The van der Waals surface area contributed by atoms with Crippen LogP contribution in [0.25, 0.3) is 0 Å². The number of hydrogen-bond acceptors (Lipinski definition) is 3. The van der Waals surface area contributed by atoms with Gasteiger partial charge in [0.25, 0.3) is 0 Å². The van der Waals surface area contributed by atoms with Crippen LogP contribution in [0, 0.1) is 18.3 Å². The number of aryl methyl sites for hydroxylation is 1. The summed E-state index contributed by atoms with van der Waals surface area (Å²) in [6.07, 6.45) is 1.44. The highest BCUT2D eigenvalue weighted by atomic mass is 32.2. The Labute approximate surface area is 145 Å². The van der Waals surface area contributed by atoms with Crippen LogP contribution >= 0.6 is 0 Å². The van der Waals surface area contributed by atoms with Crippen LogP contribution in [0.4, 0.5) is 0 Å². The molecule has 1 N–H and O–H groups in total. The van der Waals surface area contributed by atoms with Gasteiger partial charge in [0.2, 0.25) is 15.9 Å². The predicted octanol–water partition coefficient (Wildman–Crippen LogP) is 2.56. The molecule has 1 fully saturated rings. The van der Waals surface area contributed by atoms with Crippen LogP contribution in [0.3, 0.4) is 0 Å². The average molecular weight is 353 g/mol. The lowest BCUT2D eigenvalue weighted by Crippen LogP contribution is -2.46. The molecule has 2 rings (SSSR count). The molecule has 6 heteroatoms. The minimum absolute atomic E-state index is 0.0119. The molecule has 0 aliphatic carbocycles. The average Bonchev–Trinajstić information content (AvgIpc) is 2.52. The van der Waals surface area contributed by atoms with E-state index in [0.29, 0.717) is 24.4 Å². The summed E-state index contributed by atoms with van der Waals surface area (Å²) < 4.78 is 27.0. The number of rotatable bonds is 4. The van der Waals surface area contributed by atoms with Crippen LogP contribution in [0.15, 0.2) is 29.2 Å². The quantitative estimate of drug-likeness (QED) is 0.905. The smallest absolute Gasteiger partial charge is 0.243 e. The molecule has 0 unspecified atom stereocenters. The number of sulfonamides is 1. The van der Waals surface area contributed by atoms with Gasteiger partial charge in [-0.3, -0.25) is 4.79 Å². The Morgan fingerprint density at radius 1 is 1.25 bits per heavy atom. The van der Waals surface area contributed by atoms with Gasteiger partial charge < -0.3 is 5.32 Å². The van der Waals surface area contributed by atoms with E-state index >= 15 is 0 Å². The second kappa shape index (κ2) is 7.23. The first-order valence-electron chi connectivity index (χ1n) is 8.44. The first-order valence-corrected chi connectivity index (χ1v) is 9.88. The van der Waals surface area contributed by atoms with Gasteiger partial charge in [0.1, 0.15) is 0 Å². The van der Waals surface area contributed by atoms with E-state index in [-0.39, 0.29) is 23.8 Å². The molecule has 1 heterocycles. The molecule has 1 aliphatic heterocycles. The van der Waals surface area contributed by atoms with Crippen LogP contribution in [-0.2, 0) is 14.8 Å². The van der Waals surface area contributed by atoms with E-state index in [2.05, 4.69) is 26.1 Å². The molecule has 1 aromatic carbocycles. The highest BCUT2D eigenvalue weighted by Gasteiger charge is 2.33. The Balaban J connectivity index is 2.07. The molecule has 5 nitrogen and oxygen atoms in total. The molecular weight excluding hydrogens is 324 g/mol. The normalized spacial score (nSPS) is 19.9. The molecular formula is C18H28N2O3S. The minimum atomic E-state index is -3.54. The Hall–Kier alpha value is -1.40. The van der Waals surface area contributed by atoms with Gasteiger partial charge in [-0.25, -0.2) is 8.42 Å². The lowest BCUT2D eigenvalue weighted by atomic mass is 9.95. The topological polar surface area (TPSA) is 66.5 Å². The second-order valence-corrected chi connectivity index (χ2v) is 9.73. The number of nitrogens with one attached hydrogen (secondary N) is 1. The van der Waals surface area contributed by atoms with Gasteiger partial charge in [-0.2, -0.15) is 4.31 Å². The first-order chi connectivity index (χ1) is 11.1. The van der Waals surface area contributed by atoms with Gasteiger partial charge in [-0.1, -0.05) is 38.5 Å². The Kier molecular flexibility index (Phi) is 5.71. The van der Waals surface area contributed by atoms with Crippen LogP contribution < -0.4 is 5.32 Å². The van der Waals surface area contributed by atoms with Crippen molar-refractivity contribution in [3.8, 4) is 0 Å². The lowest BCUT2D eigenvalue weighted by molar-refractivity contribution is -0.126. The van der Waals surface area contributed by atoms with E-state index in [1.807, 2.05) is 6.92 Å². The molecule has 1 atom stereocenters. The molecule has 1 aromatic rings. The van der Waals surface area contributed by atoms with E-state index in [4.69, 9.17) is 0 Å². The summed E-state index contributed by atoms with van der Waals surface area (Å²) in [4.78, 5) is 12.7. The van der Waals surface area contributed by atoms with Gasteiger partial charge in [0.15, 0.2) is 0 Å². The number of hydrogen-bond donors (Lipinski definition) is 1. The summed E-state index contributed by atoms with van der Waals surface area (Å²) in [5.74, 6) is -0.324. The molecule has 134 valence electrons. The zero-order valence-corrected chi connectivity index (χ0v) is 15.8. The molecule has 1 amide bonds. The van der Waals surface area contributed by atoms with Gasteiger partial charge >= 0.3 is 0 Å². The van der Waals surface area contributed by atoms with Crippen molar-refractivity contribution in [1.29, 1.82) is 0 Å². The molecule has 0 aromatic heterocycles. The van der Waals surface area contributed by atoms with Gasteiger partial charge in [0.05, 0.1) is 10.8 Å². The van der Waals surface area contributed by atoms with Crippen molar-refractivity contribution in [1.82, 2.24) is 9.62 Å². The fourth-order valence-electron chi connectivity index (χ4n) is 2.73. The molecule has 24 heavy (non-hydrogen) atoms. The van der Waals surface area contributed by atoms with Gasteiger partial charge in [-0.05, 0) is 37.3 Å². The first kappa shape index (κ1) is 18.9. The van der Waals surface area contributed by atoms with E-state index < -0.39 is 10.0 Å². The zero-order chi connectivity index (χ0) is 18.0. The van der Waals surface area contributed by atoms with Crippen molar-refractivity contribution in [2.75, 3.05) is 19.6 Å². The van der Waals surface area contributed by atoms with E-state index in [0.717, 1.165) is 12.0 Å². The summed E-state index contributed by atoms with van der Waals surface area (Å²) in [5, 5.41) is 2.95. The highest BCUT2D eigenvalue weighted by Crippen LogP contribution is 2.24. The summed E-state index contributed by atoms with van der Waals surface area (Å²) in [6, 6.07) is 6.86. The fraction of sp³-hybridized carbons (Fsp3) is 0.611. The van der Waals surface area contributed by atoms with Crippen LogP contribution in [0.5, 0.6) is 0 Å². The van der Waals surface area contributed by atoms with Crippen LogP contribution in [0.2, 0.25) is 0 Å². The number of nitrogens with zero attached hydrogens (tertiary/aromatic N) is 1. The van der Waals surface area contributed by atoms with Crippen molar-refractivity contribution in [3.63, 3.8) is 0 Å². The maximum absolute atomic E-state index is 12.8. The van der Waals surface area contributed by atoms with Gasteiger partial charge in [-0.15, -0.1) is 0 Å². The third-order valence-corrected chi connectivity index (χ3v) is 6.09. The summed E-state index contributed by atoms with van der Waals surface area (Å²) in [5.41, 5.74) is 1.03. The van der Waals surface area contributed by atoms with E-state index in [9.17, 15) is 13.2 Å². The van der Waals surface area contributed by atoms with Crippen molar-refractivity contribution >= 4 is 15.9 Å². The highest BCUT2D eigenvalue weighted by molar-refractivity contribution is 7.89. The van der Waals surface area contributed by atoms with Gasteiger partial charge in [0, 0.05) is 19.6 Å². The number of carbonyl (C=O) groups excluding carboxylic acids is 1. The SMILES string of the molecule is Cc1ccc(S(=O)(=O)N2CCC[C@H](C(=O)NCC(C)(C)C)C2)cc1. The number of piperidine rings is 1. The van der Waals surface area contributed by atoms with Crippen molar-refractivity contribution < 1.29 is 13.2 Å². The number of benzene rings is 1. The Morgan fingerprint density at radius 3 is 2.46 bits per heavy atom. The molecule has 1 aliphatic rings. The lowest BCUT2D eigenvalue weighted by Gasteiger charge is -2.32. The predicted molar refractivity (Wildman–Crippen MR) is 95.1 cm³/mol. The largest absolute Gasteiger partial charge is 0.355 e. The number of amides is 1. The van der Waals surface area contributed by atoms with Crippen LogP contribution in [0.1, 0.15) is 39.2 Å². The maximum Gasteiger partial charge on any atom is 0.243 e. The van der Waals surface area contributed by atoms with E-state index in [1.165, 1.54) is 4.31 Å².